The van der Waals surface area contributed by atoms with E-state index >= 15 is 0 Å². The molecule has 2 N–H and O–H groups in total. The van der Waals surface area contributed by atoms with E-state index in [1.54, 1.807) is 6.20 Å². The van der Waals surface area contributed by atoms with Crippen molar-refractivity contribution in [2.45, 2.75) is 13.8 Å². The minimum Gasteiger partial charge on any atom is -0.395 e. The number of anilines is 2. The molecule has 0 bridgehead atoms. The first kappa shape index (κ1) is 11.7. The summed E-state index contributed by atoms with van der Waals surface area (Å²) < 4.78 is 0. The van der Waals surface area contributed by atoms with E-state index in [1.165, 1.54) is 0 Å². The number of nitrogens with zero attached hydrogens (tertiary/aromatic N) is 3. The second kappa shape index (κ2) is 6.19. The van der Waals surface area contributed by atoms with E-state index in [4.69, 9.17) is 5.11 Å². The predicted molar refractivity (Wildman–Crippen MR) is 61.2 cm³/mol. The molecule has 1 heterocycles. The maximum Gasteiger partial charge on any atom is 0.224 e. The van der Waals surface area contributed by atoms with Crippen LogP contribution in [-0.2, 0) is 0 Å². The Bertz CT molecular complexity index is 293. The summed E-state index contributed by atoms with van der Waals surface area (Å²) in [5, 5.41) is 12.0. The summed E-state index contributed by atoms with van der Waals surface area (Å²) in [4.78, 5) is 10.4. The van der Waals surface area contributed by atoms with Crippen molar-refractivity contribution < 1.29 is 5.11 Å². The molecule has 0 fully saturated rings. The van der Waals surface area contributed by atoms with Crippen molar-refractivity contribution in [3.8, 4) is 0 Å². The van der Waals surface area contributed by atoms with Crippen molar-refractivity contribution in [2.75, 3.05) is 36.5 Å². The van der Waals surface area contributed by atoms with Crippen LogP contribution in [0.15, 0.2) is 12.3 Å². The molecule has 0 aliphatic heterocycles. The van der Waals surface area contributed by atoms with Crippen LogP contribution in [-0.4, -0.2) is 41.3 Å². The van der Waals surface area contributed by atoms with Crippen LogP contribution in [0.5, 0.6) is 0 Å². The van der Waals surface area contributed by atoms with Gasteiger partial charge in [0.25, 0.3) is 0 Å². The number of hydrogen-bond acceptors (Lipinski definition) is 5. The fraction of sp³-hybridized carbons (Fsp3) is 0.600. The van der Waals surface area contributed by atoms with Crippen LogP contribution in [0.25, 0.3) is 0 Å². The lowest BCUT2D eigenvalue weighted by molar-refractivity contribution is 0.302. The van der Waals surface area contributed by atoms with Crippen LogP contribution in [0.4, 0.5) is 11.8 Å². The molecule has 0 saturated heterocycles. The summed E-state index contributed by atoms with van der Waals surface area (Å²) >= 11 is 0. The number of aliphatic hydroxyl groups is 1. The van der Waals surface area contributed by atoms with Crippen molar-refractivity contribution in [3.05, 3.63) is 12.3 Å². The van der Waals surface area contributed by atoms with Gasteiger partial charge in [-0.1, -0.05) is 0 Å². The fourth-order valence-corrected chi connectivity index (χ4v) is 1.32. The first-order valence-corrected chi connectivity index (χ1v) is 5.24. The van der Waals surface area contributed by atoms with Crippen molar-refractivity contribution in [3.63, 3.8) is 0 Å². The summed E-state index contributed by atoms with van der Waals surface area (Å²) in [7, 11) is 0. The van der Waals surface area contributed by atoms with Gasteiger partial charge in [0.2, 0.25) is 5.95 Å². The van der Waals surface area contributed by atoms with E-state index in [9.17, 15) is 0 Å². The van der Waals surface area contributed by atoms with Gasteiger partial charge in [-0.3, -0.25) is 0 Å². The molecule has 1 rings (SSSR count). The second-order valence-electron chi connectivity index (χ2n) is 3.07. The van der Waals surface area contributed by atoms with Crippen molar-refractivity contribution in [1.82, 2.24) is 9.97 Å². The lowest BCUT2D eigenvalue weighted by atomic mass is 10.4. The van der Waals surface area contributed by atoms with E-state index in [-0.39, 0.29) is 6.61 Å². The Balaban J connectivity index is 2.77. The van der Waals surface area contributed by atoms with Gasteiger partial charge in [-0.05, 0) is 19.9 Å². The summed E-state index contributed by atoms with van der Waals surface area (Å²) in [6.45, 7) is 6.39. The third-order valence-electron chi connectivity index (χ3n) is 2.05. The molecule has 0 atom stereocenters. The van der Waals surface area contributed by atoms with E-state index in [2.05, 4.69) is 15.3 Å². The largest absolute Gasteiger partial charge is 0.395 e. The highest BCUT2D eigenvalue weighted by Crippen LogP contribution is 2.11. The minimum atomic E-state index is 0.133. The minimum absolute atomic E-state index is 0.133. The van der Waals surface area contributed by atoms with Crippen LogP contribution in [0, 0.1) is 0 Å². The molecule has 84 valence electrons. The molecule has 1 aromatic rings. The summed E-state index contributed by atoms with van der Waals surface area (Å²) in [6, 6.07) is 1.85. The highest BCUT2D eigenvalue weighted by molar-refractivity contribution is 5.42. The average Bonchev–Trinajstić information content (AvgIpc) is 2.27. The van der Waals surface area contributed by atoms with Gasteiger partial charge in [-0.25, -0.2) is 4.98 Å². The molecule has 0 radical (unpaired) electrons. The topological polar surface area (TPSA) is 61.3 Å². The van der Waals surface area contributed by atoms with Crippen molar-refractivity contribution >= 4 is 11.8 Å². The third-order valence-corrected chi connectivity index (χ3v) is 2.05. The summed E-state index contributed by atoms with van der Waals surface area (Å²) in [5.74, 6) is 1.48. The third kappa shape index (κ3) is 3.36. The monoisotopic (exact) mass is 210 g/mol. The Labute approximate surface area is 90.2 Å². The molecule has 15 heavy (non-hydrogen) atoms. The fourth-order valence-electron chi connectivity index (χ4n) is 1.32. The highest BCUT2D eigenvalue weighted by atomic mass is 16.3. The Morgan fingerprint density at radius 2 is 2.27 bits per heavy atom. The Hall–Kier alpha value is -1.36. The molecule has 5 nitrogen and oxygen atoms in total. The zero-order chi connectivity index (χ0) is 11.1. The standard InChI is InChI=1S/C10H18N4O/c1-3-11-10-12-6-5-9(13-10)14(4-2)7-8-15/h5-6,15H,3-4,7-8H2,1-2H3,(H,11,12,13). The number of nitrogens with one attached hydrogen (secondary N) is 1. The van der Waals surface area contributed by atoms with Crippen molar-refractivity contribution in [1.29, 1.82) is 0 Å². The van der Waals surface area contributed by atoms with Crippen LogP contribution in [0.1, 0.15) is 13.8 Å². The van der Waals surface area contributed by atoms with E-state index in [0.717, 1.165) is 18.9 Å². The van der Waals surface area contributed by atoms with Crippen LogP contribution < -0.4 is 10.2 Å². The molecule has 0 unspecified atom stereocenters. The number of hydrogen-bond donors (Lipinski definition) is 2. The molecule has 0 saturated carbocycles. The summed E-state index contributed by atoms with van der Waals surface area (Å²) in [5.41, 5.74) is 0. The SMILES string of the molecule is CCNc1nccc(N(CC)CCO)n1. The van der Waals surface area contributed by atoms with Gasteiger partial charge in [0.05, 0.1) is 6.61 Å². The molecule has 0 aliphatic carbocycles. The number of aliphatic hydroxyl groups excluding tert-OH is 1. The maximum absolute atomic E-state index is 8.90. The van der Waals surface area contributed by atoms with Gasteiger partial charge in [-0.2, -0.15) is 4.98 Å². The summed E-state index contributed by atoms with van der Waals surface area (Å²) in [6.07, 6.45) is 1.72. The van der Waals surface area contributed by atoms with Gasteiger partial charge in [-0.15, -0.1) is 0 Å². The predicted octanol–water partition coefficient (Wildman–Crippen LogP) is 0.727. The van der Waals surface area contributed by atoms with E-state index in [0.29, 0.717) is 12.5 Å². The molecule has 1 aromatic heterocycles. The molecule has 0 amide bonds. The first-order chi connectivity index (χ1) is 7.31. The van der Waals surface area contributed by atoms with Crippen LogP contribution in [0.2, 0.25) is 0 Å². The molecule has 0 aliphatic rings. The molecular weight excluding hydrogens is 192 g/mol. The second-order valence-corrected chi connectivity index (χ2v) is 3.07. The molecule has 0 aromatic carbocycles. The molecular formula is C10H18N4O. The van der Waals surface area contributed by atoms with Gasteiger partial charge in [0.15, 0.2) is 0 Å². The number of rotatable bonds is 6. The Morgan fingerprint density at radius 1 is 1.47 bits per heavy atom. The van der Waals surface area contributed by atoms with Crippen LogP contribution in [0.3, 0.4) is 0 Å². The van der Waals surface area contributed by atoms with Crippen LogP contribution >= 0.6 is 0 Å². The molecule has 0 spiro atoms. The van der Waals surface area contributed by atoms with Gasteiger partial charge in [0, 0.05) is 25.8 Å². The molecule has 5 heteroatoms. The number of aromatic nitrogens is 2. The zero-order valence-corrected chi connectivity index (χ0v) is 9.27. The van der Waals surface area contributed by atoms with E-state index < -0.39 is 0 Å². The average molecular weight is 210 g/mol. The quantitative estimate of drug-likeness (QED) is 0.724. The Morgan fingerprint density at radius 3 is 2.87 bits per heavy atom. The zero-order valence-electron chi connectivity index (χ0n) is 9.27. The normalized spacial score (nSPS) is 10.1. The smallest absolute Gasteiger partial charge is 0.224 e. The van der Waals surface area contributed by atoms with Gasteiger partial charge >= 0.3 is 0 Å². The first-order valence-electron chi connectivity index (χ1n) is 5.24. The van der Waals surface area contributed by atoms with Gasteiger partial charge in [0.1, 0.15) is 5.82 Å². The van der Waals surface area contributed by atoms with E-state index in [1.807, 2.05) is 24.8 Å². The Kier molecular flexibility index (Phi) is 4.83. The lowest BCUT2D eigenvalue weighted by Crippen LogP contribution is -2.27. The van der Waals surface area contributed by atoms with Gasteiger partial charge < -0.3 is 15.3 Å². The van der Waals surface area contributed by atoms with Crippen molar-refractivity contribution in [2.24, 2.45) is 0 Å². The number of likely N-dealkylation sites (N-methyl/N-ethyl adjacent to an activating group) is 1. The lowest BCUT2D eigenvalue weighted by Gasteiger charge is -2.20. The maximum atomic E-state index is 8.90. The highest BCUT2D eigenvalue weighted by Gasteiger charge is 2.05.